The highest BCUT2D eigenvalue weighted by Gasteiger charge is 2.19. The lowest BCUT2D eigenvalue weighted by molar-refractivity contribution is 0.768. The molecular weight excluding hydrogens is 300 g/mol. The second-order valence-corrected chi connectivity index (χ2v) is 5.92. The van der Waals surface area contributed by atoms with E-state index in [1.807, 2.05) is 42.4 Å². The quantitative estimate of drug-likeness (QED) is 0.570. The smallest absolute Gasteiger partial charge is 0.233 e. The van der Waals surface area contributed by atoms with E-state index < -0.39 is 0 Å². The zero-order valence-electron chi connectivity index (χ0n) is 13.1. The van der Waals surface area contributed by atoms with Gasteiger partial charge in [-0.25, -0.2) is 9.97 Å². The predicted molar refractivity (Wildman–Crippen MR) is 90.2 cm³/mol. The van der Waals surface area contributed by atoms with Crippen LogP contribution in [0.1, 0.15) is 16.8 Å². The van der Waals surface area contributed by atoms with Gasteiger partial charge in [0.15, 0.2) is 0 Å². The van der Waals surface area contributed by atoms with Crippen molar-refractivity contribution < 1.29 is 0 Å². The van der Waals surface area contributed by atoms with E-state index in [1.165, 1.54) is 5.57 Å². The maximum atomic E-state index is 4.64. The van der Waals surface area contributed by atoms with E-state index in [1.54, 1.807) is 10.9 Å². The Labute approximate surface area is 138 Å². The first kappa shape index (κ1) is 13.2. The van der Waals surface area contributed by atoms with Gasteiger partial charge in [-0.2, -0.15) is 5.10 Å². The molecule has 0 fully saturated rings. The van der Waals surface area contributed by atoms with Crippen LogP contribution in [0.4, 0.5) is 0 Å². The Morgan fingerprint density at radius 1 is 0.958 bits per heavy atom. The number of fused-ring (bicyclic) bond motifs is 2. The molecule has 0 aliphatic heterocycles. The fourth-order valence-corrected chi connectivity index (χ4v) is 3.15. The molecule has 4 aromatic heterocycles. The van der Waals surface area contributed by atoms with E-state index in [-0.39, 0.29) is 0 Å². The van der Waals surface area contributed by atoms with E-state index in [9.17, 15) is 0 Å². The van der Waals surface area contributed by atoms with E-state index in [2.05, 4.69) is 38.4 Å². The highest BCUT2D eigenvalue weighted by molar-refractivity contribution is 5.85. The largest absolute Gasteiger partial charge is 0.291 e. The Morgan fingerprint density at radius 2 is 1.88 bits per heavy atom. The monoisotopic (exact) mass is 314 g/mol. The van der Waals surface area contributed by atoms with Crippen LogP contribution in [0.2, 0.25) is 0 Å². The molecule has 1 aliphatic carbocycles. The average Bonchev–Trinajstić information content (AvgIpc) is 3.32. The van der Waals surface area contributed by atoms with Crippen molar-refractivity contribution in [3.05, 3.63) is 72.3 Å². The third-order valence-electron chi connectivity index (χ3n) is 4.35. The van der Waals surface area contributed by atoms with E-state index in [4.69, 9.17) is 0 Å². The lowest BCUT2D eigenvalue weighted by Crippen LogP contribution is -1.95. The number of allylic oxidation sites excluding steroid dienone is 1. The van der Waals surface area contributed by atoms with Gasteiger partial charge in [-0.05, 0) is 11.6 Å². The first-order valence-corrected chi connectivity index (χ1v) is 7.75. The molecule has 0 radical (unpaired) electrons. The fraction of sp³-hybridized carbons (Fsp3) is 0.111. The van der Waals surface area contributed by atoms with Crippen molar-refractivity contribution in [2.75, 3.05) is 0 Å². The molecule has 0 N–H and O–H groups in total. The molecule has 0 amide bonds. The van der Waals surface area contributed by atoms with Gasteiger partial charge >= 0.3 is 0 Å². The molecule has 0 spiro atoms. The predicted octanol–water partition coefficient (Wildman–Crippen LogP) is 2.51. The van der Waals surface area contributed by atoms with Crippen molar-refractivity contribution in [1.82, 2.24) is 29.1 Å². The molecule has 5 rings (SSSR count). The van der Waals surface area contributed by atoms with Crippen LogP contribution >= 0.6 is 0 Å². The molecule has 4 aromatic rings. The highest BCUT2D eigenvalue weighted by atomic mass is 15.2. The van der Waals surface area contributed by atoms with Crippen molar-refractivity contribution in [3.8, 4) is 11.1 Å². The molecule has 0 saturated heterocycles. The normalized spacial score (nSPS) is 13.3. The van der Waals surface area contributed by atoms with Crippen molar-refractivity contribution in [2.24, 2.45) is 7.05 Å². The van der Waals surface area contributed by atoms with Crippen LogP contribution in [-0.4, -0.2) is 29.1 Å². The summed E-state index contributed by atoms with van der Waals surface area (Å²) in [6.07, 6.45) is 16.4. The molecule has 6 nitrogen and oxygen atoms in total. The fourth-order valence-electron chi connectivity index (χ4n) is 3.15. The van der Waals surface area contributed by atoms with Crippen LogP contribution in [-0.2, 0) is 13.5 Å². The van der Waals surface area contributed by atoms with Crippen molar-refractivity contribution in [3.63, 3.8) is 0 Å². The number of hydrogen-bond donors (Lipinski definition) is 0. The Kier molecular flexibility index (Phi) is 2.67. The minimum atomic E-state index is 0.708. The number of nitrogens with zero attached hydrogens (tertiary/aromatic N) is 6. The lowest BCUT2D eigenvalue weighted by atomic mass is 10.0. The van der Waals surface area contributed by atoms with Crippen LogP contribution in [0.25, 0.3) is 22.5 Å². The number of aromatic nitrogens is 6. The lowest BCUT2D eigenvalue weighted by Gasteiger charge is -2.08. The van der Waals surface area contributed by atoms with E-state index in [0.29, 0.717) is 5.78 Å². The Hall–Kier alpha value is -3.28. The van der Waals surface area contributed by atoms with Crippen LogP contribution < -0.4 is 0 Å². The molecule has 0 aromatic carbocycles. The van der Waals surface area contributed by atoms with Gasteiger partial charge in [0, 0.05) is 72.9 Å². The summed E-state index contributed by atoms with van der Waals surface area (Å²) in [6.45, 7) is 0. The molecule has 1 aliphatic rings. The molecule has 24 heavy (non-hydrogen) atoms. The van der Waals surface area contributed by atoms with Gasteiger partial charge in [0.1, 0.15) is 0 Å². The van der Waals surface area contributed by atoms with Crippen LogP contribution in [0.3, 0.4) is 0 Å². The summed E-state index contributed by atoms with van der Waals surface area (Å²) in [5.74, 6) is 0.708. The van der Waals surface area contributed by atoms with Crippen LogP contribution in [0, 0.1) is 0 Å². The second-order valence-electron chi connectivity index (χ2n) is 5.92. The molecular formula is C18H14N6. The van der Waals surface area contributed by atoms with E-state index >= 15 is 0 Å². The van der Waals surface area contributed by atoms with Crippen LogP contribution in [0.15, 0.2) is 55.5 Å². The van der Waals surface area contributed by atoms with Gasteiger partial charge in [0.25, 0.3) is 0 Å². The molecule has 0 bridgehead atoms. The Morgan fingerprint density at radius 3 is 2.75 bits per heavy atom. The molecule has 4 heterocycles. The summed E-state index contributed by atoms with van der Waals surface area (Å²) in [5, 5.41) is 4.25. The minimum Gasteiger partial charge on any atom is -0.291 e. The van der Waals surface area contributed by atoms with Crippen molar-refractivity contribution in [2.45, 2.75) is 6.42 Å². The molecule has 0 atom stereocenters. The van der Waals surface area contributed by atoms with Gasteiger partial charge < -0.3 is 0 Å². The number of hydrogen-bond acceptors (Lipinski definition) is 4. The summed E-state index contributed by atoms with van der Waals surface area (Å²) >= 11 is 0. The highest BCUT2D eigenvalue weighted by Crippen LogP contribution is 2.34. The van der Waals surface area contributed by atoms with Crippen molar-refractivity contribution >= 4 is 11.4 Å². The standard InChI is InChI=1S/C18H14N6/c1-23-10-13(9-22-23)12-6-16-15(2-3-17(16)20-7-12)14-8-21-18-19-4-5-24(18)11-14/h2,4-11H,3H2,1H3. The van der Waals surface area contributed by atoms with Gasteiger partial charge in [-0.15, -0.1) is 0 Å². The number of aryl methyl sites for hydroxylation is 1. The first-order chi connectivity index (χ1) is 11.8. The first-order valence-electron chi connectivity index (χ1n) is 7.75. The topological polar surface area (TPSA) is 60.9 Å². The summed E-state index contributed by atoms with van der Waals surface area (Å²) in [4.78, 5) is 13.3. The molecule has 0 unspecified atom stereocenters. The number of pyridine rings is 1. The Bertz CT molecular complexity index is 1100. The maximum Gasteiger partial charge on any atom is 0.233 e. The second kappa shape index (κ2) is 4.86. The number of rotatable bonds is 2. The van der Waals surface area contributed by atoms with Gasteiger partial charge in [0.2, 0.25) is 5.78 Å². The van der Waals surface area contributed by atoms with Crippen LogP contribution in [0.5, 0.6) is 0 Å². The molecule has 0 saturated carbocycles. The summed E-state index contributed by atoms with van der Waals surface area (Å²) in [5.41, 5.74) is 6.66. The third kappa shape index (κ3) is 1.96. The summed E-state index contributed by atoms with van der Waals surface area (Å²) in [7, 11) is 1.92. The SMILES string of the molecule is Cn1cc(-c2cnc3c(c2)C(c2cnc4nccn4c2)=CC3)cn1. The molecule has 116 valence electrons. The van der Waals surface area contributed by atoms with E-state index in [0.717, 1.165) is 34.4 Å². The van der Waals surface area contributed by atoms with Crippen molar-refractivity contribution in [1.29, 1.82) is 0 Å². The van der Waals surface area contributed by atoms with Gasteiger partial charge in [-0.3, -0.25) is 14.1 Å². The summed E-state index contributed by atoms with van der Waals surface area (Å²) in [6, 6.07) is 2.19. The zero-order valence-corrected chi connectivity index (χ0v) is 13.1. The third-order valence-corrected chi connectivity index (χ3v) is 4.35. The average molecular weight is 314 g/mol. The zero-order chi connectivity index (χ0) is 16.1. The minimum absolute atomic E-state index is 0.708. The van der Waals surface area contributed by atoms with Gasteiger partial charge in [-0.1, -0.05) is 6.08 Å². The Balaban J connectivity index is 1.61. The summed E-state index contributed by atoms with van der Waals surface area (Å²) < 4.78 is 3.74. The maximum absolute atomic E-state index is 4.64. The molecule has 6 heteroatoms. The number of imidazole rings is 1. The van der Waals surface area contributed by atoms with Gasteiger partial charge in [0.05, 0.1) is 11.9 Å².